The molecule has 0 amide bonds. The number of fused-ring (bicyclic) bond motifs is 1. The molecule has 24 heavy (non-hydrogen) atoms. The molecule has 3 aromatic rings. The number of aliphatic hydroxyl groups is 1. The zero-order chi connectivity index (χ0) is 17.1. The average molecular weight is 349 g/mol. The monoisotopic (exact) mass is 349 g/mol. The van der Waals surface area contributed by atoms with Crippen LogP contribution in [0.15, 0.2) is 23.4 Å². The Bertz CT molecular complexity index is 844. The van der Waals surface area contributed by atoms with Crippen LogP contribution in [0.3, 0.4) is 0 Å². The molecular weight excluding hydrogens is 329 g/mol. The van der Waals surface area contributed by atoms with Gasteiger partial charge in [-0.3, -0.25) is 0 Å². The predicted octanol–water partition coefficient (Wildman–Crippen LogP) is 2.98. The molecule has 0 bridgehead atoms. The third-order valence-electron chi connectivity index (χ3n) is 3.84. The number of para-hydroxylation sites is 1. The van der Waals surface area contributed by atoms with Gasteiger partial charge in [0.05, 0.1) is 11.3 Å². The van der Waals surface area contributed by atoms with E-state index in [1.807, 2.05) is 22.1 Å². The second-order valence-electron chi connectivity index (χ2n) is 5.38. The number of aromatic nitrogens is 5. The van der Waals surface area contributed by atoms with E-state index in [0.717, 1.165) is 36.0 Å². The van der Waals surface area contributed by atoms with Gasteiger partial charge >= 0.3 is 0 Å². The van der Waals surface area contributed by atoms with Crippen LogP contribution in [0.1, 0.15) is 31.9 Å². The molecule has 128 valence electrons. The minimum Gasteiger partial charge on any atom is -0.388 e. The Hall–Kier alpha value is -1.93. The standard InChI is InChI=1S/C16H20FN5OS/c1-3-8-22-13(9-23)19-20-16(22)24-10-14-18-15-11(17)6-5-7-12(15)21(14)4-2/h5-7,23H,3-4,8-10H2,1-2H3. The van der Waals surface area contributed by atoms with Gasteiger partial charge in [-0.05, 0) is 25.5 Å². The molecule has 0 spiro atoms. The summed E-state index contributed by atoms with van der Waals surface area (Å²) in [6.45, 7) is 5.42. The van der Waals surface area contributed by atoms with E-state index in [-0.39, 0.29) is 12.4 Å². The lowest BCUT2D eigenvalue weighted by atomic mass is 10.3. The smallest absolute Gasteiger partial charge is 0.191 e. The lowest BCUT2D eigenvalue weighted by Gasteiger charge is -2.08. The number of halogens is 1. The Morgan fingerprint density at radius 3 is 2.71 bits per heavy atom. The van der Waals surface area contributed by atoms with Crippen LogP contribution in [0, 0.1) is 5.82 Å². The zero-order valence-electron chi connectivity index (χ0n) is 13.7. The van der Waals surface area contributed by atoms with Crippen molar-refractivity contribution in [3.05, 3.63) is 35.7 Å². The predicted molar refractivity (Wildman–Crippen MR) is 91.2 cm³/mol. The molecule has 3 rings (SSSR count). The molecule has 0 fully saturated rings. The highest BCUT2D eigenvalue weighted by atomic mass is 32.2. The van der Waals surface area contributed by atoms with Gasteiger partial charge in [0.2, 0.25) is 0 Å². The number of hydrogen-bond donors (Lipinski definition) is 1. The minimum atomic E-state index is -0.303. The normalized spacial score (nSPS) is 11.5. The highest BCUT2D eigenvalue weighted by molar-refractivity contribution is 7.98. The first-order valence-electron chi connectivity index (χ1n) is 7.98. The molecule has 0 aliphatic heterocycles. The number of rotatable bonds is 7. The Morgan fingerprint density at radius 1 is 1.17 bits per heavy atom. The van der Waals surface area contributed by atoms with Crippen molar-refractivity contribution >= 4 is 22.8 Å². The van der Waals surface area contributed by atoms with Crippen molar-refractivity contribution in [3.63, 3.8) is 0 Å². The van der Waals surface area contributed by atoms with E-state index >= 15 is 0 Å². The molecule has 0 aliphatic carbocycles. The largest absolute Gasteiger partial charge is 0.388 e. The second-order valence-corrected chi connectivity index (χ2v) is 6.32. The number of aryl methyl sites for hydroxylation is 1. The van der Waals surface area contributed by atoms with Crippen molar-refractivity contribution in [3.8, 4) is 0 Å². The van der Waals surface area contributed by atoms with E-state index in [1.165, 1.54) is 17.8 Å². The maximum Gasteiger partial charge on any atom is 0.191 e. The molecule has 0 saturated carbocycles. The van der Waals surface area contributed by atoms with Crippen LogP contribution in [0.25, 0.3) is 11.0 Å². The lowest BCUT2D eigenvalue weighted by Crippen LogP contribution is -2.05. The Kier molecular flexibility index (Phi) is 5.15. The van der Waals surface area contributed by atoms with E-state index in [0.29, 0.717) is 17.1 Å². The van der Waals surface area contributed by atoms with Crippen LogP contribution in [-0.2, 0) is 25.4 Å². The van der Waals surface area contributed by atoms with Crippen LogP contribution >= 0.6 is 11.8 Å². The van der Waals surface area contributed by atoms with Gasteiger partial charge in [-0.25, -0.2) is 9.37 Å². The molecule has 0 unspecified atom stereocenters. The molecular formula is C16H20FN5OS. The number of hydrogen-bond acceptors (Lipinski definition) is 5. The average Bonchev–Trinajstić information content (AvgIpc) is 3.14. The van der Waals surface area contributed by atoms with Crippen molar-refractivity contribution in [2.75, 3.05) is 0 Å². The third-order valence-corrected chi connectivity index (χ3v) is 4.80. The fourth-order valence-electron chi connectivity index (χ4n) is 2.74. The van der Waals surface area contributed by atoms with Gasteiger partial charge < -0.3 is 14.2 Å². The molecule has 1 N–H and O–H groups in total. The van der Waals surface area contributed by atoms with Crippen LogP contribution in [-0.4, -0.2) is 29.4 Å². The summed E-state index contributed by atoms with van der Waals surface area (Å²) in [5.74, 6) is 1.63. The number of aliphatic hydroxyl groups excluding tert-OH is 1. The first-order valence-corrected chi connectivity index (χ1v) is 8.97. The van der Waals surface area contributed by atoms with Crippen LogP contribution in [0.5, 0.6) is 0 Å². The SMILES string of the molecule is CCCn1c(CO)nnc1SCc1nc2c(F)cccc2n1CC. The number of imidazole rings is 1. The number of thioether (sulfide) groups is 1. The summed E-state index contributed by atoms with van der Waals surface area (Å²) in [5, 5.41) is 18.3. The molecule has 0 saturated heterocycles. The number of benzene rings is 1. The van der Waals surface area contributed by atoms with E-state index in [2.05, 4.69) is 22.1 Å². The molecule has 0 aliphatic rings. The second kappa shape index (κ2) is 7.31. The Balaban J connectivity index is 1.89. The Labute approximate surface area is 143 Å². The van der Waals surface area contributed by atoms with Gasteiger partial charge in [0, 0.05) is 13.1 Å². The van der Waals surface area contributed by atoms with Crippen LogP contribution in [0.2, 0.25) is 0 Å². The summed E-state index contributed by atoms with van der Waals surface area (Å²) in [7, 11) is 0. The van der Waals surface area contributed by atoms with E-state index in [4.69, 9.17) is 0 Å². The van der Waals surface area contributed by atoms with E-state index in [9.17, 15) is 9.50 Å². The fraction of sp³-hybridized carbons (Fsp3) is 0.438. The van der Waals surface area contributed by atoms with Crippen molar-refractivity contribution in [1.29, 1.82) is 0 Å². The maximum atomic E-state index is 14.0. The van der Waals surface area contributed by atoms with Gasteiger partial charge in [-0.15, -0.1) is 10.2 Å². The quantitative estimate of drug-likeness (QED) is 0.664. The van der Waals surface area contributed by atoms with Gasteiger partial charge in [-0.2, -0.15) is 0 Å². The topological polar surface area (TPSA) is 68.8 Å². The van der Waals surface area contributed by atoms with Gasteiger partial charge in [0.15, 0.2) is 16.8 Å². The first-order chi connectivity index (χ1) is 11.7. The number of nitrogens with zero attached hydrogens (tertiary/aromatic N) is 5. The highest BCUT2D eigenvalue weighted by Gasteiger charge is 2.16. The fourth-order valence-corrected chi connectivity index (χ4v) is 3.67. The summed E-state index contributed by atoms with van der Waals surface area (Å²) in [6, 6.07) is 5.01. The van der Waals surface area contributed by atoms with Crippen LogP contribution in [0.4, 0.5) is 4.39 Å². The summed E-state index contributed by atoms with van der Waals surface area (Å²) in [6.07, 6.45) is 0.928. The molecule has 1 aromatic carbocycles. The Morgan fingerprint density at radius 2 is 2.00 bits per heavy atom. The van der Waals surface area contributed by atoms with Gasteiger partial charge in [0.25, 0.3) is 0 Å². The molecule has 2 heterocycles. The summed E-state index contributed by atoms with van der Waals surface area (Å²) in [4.78, 5) is 4.46. The first kappa shape index (κ1) is 16.9. The lowest BCUT2D eigenvalue weighted by molar-refractivity contribution is 0.263. The van der Waals surface area contributed by atoms with Crippen molar-refractivity contribution < 1.29 is 9.50 Å². The molecule has 8 heteroatoms. The third kappa shape index (κ3) is 3.03. The highest BCUT2D eigenvalue weighted by Crippen LogP contribution is 2.26. The van der Waals surface area contributed by atoms with Gasteiger partial charge in [0.1, 0.15) is 17.9 Å². The zero-order valence-corrected chi connectivity index (χ0v) is 14.6. The molecule has 0 atom stereocenters. The van der Waals surface area contributed by atoms with Crippen molar-refractivity contribution in [2.45, 2.75) is 50.9 Å². The molecule has 0 radical (unpaired) electrons. The van der Waals surface area contributed by atoms with Crippen molar-refractivity contribution in [2.24, 2.45) is 0 Å². The van der Waals surface area contributed by atoms with Gasteiger partial charge in [-0.1, -0.05) is 24.8 Å². The van der Waals surface area contributed by atoms with Crippen LogP contribution < -0.4 is 0 Å². The summed E-state index contributed by atoms with van der Waals surface area (Å²) < 4.78 is 17.9. The van der Waals surface area contributed by atoms with E-state index < -0.39 is 0 Å². The van der Waals surface area contributed by atoms with E-state index in [1.54, 1.807) is 6.07 Å². The van der Waals surface area contributed by atoms with Crippen molar-refractivity contribution in [1.82, 2.24) is 24.3 Å². The minimum absolute atomic E-state index is 0.133. The molecule has 6 nitrogen and oxygen atoms in total. The maximum absolute atomic E-state index is 14.0. The summed E-state index contributed by atoms with van der Waals surface area (Å²) >= 11 is 1.50. The molecule has 2 aromatic heterocycles. The summed E-state index contributed by atoms with van der Waals surface area (Å²) in [5.41, 5.74) is 1.21.